The SMILES string of the molecule is CC(=O)N1CCC(N(CCCOC(C)C)S(=O)(=O)c2ccc([N+](=O)[O-])cc2)CC1. The first-order valence-corrected chi connectivity index (χ1v) is 11.2. The minimum atomic E-state index is -3.83. The molecule has 162 valence electrons. The Morgan fingerprint density at radius 3 is 2.34 bits per heavy atom. The first-order valence-electron chi connectivity index (χ1n) is 9.76. The third-order valence-electron chi connectivity index (χ3n) is 4.95. The molecule has 0 atom stereocenters. The number of hydrogen-bond donors (Lipinski definition) is 0. The second kappa shape index (κ2) is 10.1. The second-order valence-corrected chi connectivity index (χ2v) is 9.27. The molecule has 1 saturated heterocycles. The van der Waals surface area contributed by atoms with Gasteiger partial charge in [-0.25, -0.2) is 8.42 Å². The van der Waals surface area contributed by atoms with E-state index in [0.29, 0.717) is 39.0 Å². The van der Waals surface area contributed by atoms with Gasteiger partial charge in [-0.3, -0.25) is 14.9 Å². The number of amides is 1. The van der Waals surface area contributed by atoms with Crippen molar-refractivity contribution in [2.45, 2.75) is 57.1 Å². The molecule has 29 heavy (non-hydrogen) atoms. The fourth-order valence-corrected chi connectivity index (χ4v) is 5.11. The fraction of sp³-hybridized carbons (Fsp3) is 0.632. The van der Waals surface area contributed by atoms with E-state index < -0.39 is 14.9 Å². The summed E-state index contributed by atoms with van der Waals surface area (Å²) in [5.74, 6) is -0.0152. The van der Waals surface area contributed by atoms with Crippen LogP contribution in [-0.4, -0.2) is 66.8 Å². The van der Waals surface area contributed by atoms with Crippen molar-refractivity contribution < 1.29 is 22.9 Å². The van der Waals surface area contributed by atoms with Gasteiger partial charge in [0.15, 0.2) is 0 Å². The molecule has 0 radical (unpaired) electrons. The largest absolute Gasteiger partial charge is 0.379 e. The summed E-state index contributed by atoms with van der Waals surface area (Å²) in [6, 6.07) is 4.71. The van der Waals surface area contributed by atoms with E-state index in [4.69, 9.17) is 4.74 Å². The lowest BCUT2D eigenvalue weighted by molar-refractivity contribution is -0.384. The molecule has 1 aromatic carbocycles. The number of non-ortho nitro benzene ring substituents is 1. The van der Waals surface area contributed by atoms with Crippen LogP contribution in [0.4, 0.5) is 5.69 Å². The first-order chi connectivity index (χ1) is 13.6. The average Bonchev–Trinajstić information content (AvgIpc) is 2.67. The number of rotatable bonds is 9. The van der Waals surface area contributed by atoms with Crippen molar-refractivity contribution in [3.63, 3.8) is 0 Å². The van der Waals surface area contributed by atoms with Gasteiger partial charge in [0.2, 0.25) is 15.9 Å². The number of piperidine rings is 1. The van der Waals surface area contributed by atoms with E-state index in [0.717, 1.165) is 0 Å². The average molecular weight is 428 g/mol. The quantitative estimate of drug-likeness (QED) is 0.340. The molecule has 1 heterocycles. The zero-order valence-corrected chi connectivity index (χ0v) is 17.9. The summed E-state index contributed by atoms with van der Waals surface area (Å²) >= 11 is 0. The number of nitro groups is 1. The smallest absolute Gasteiger partial charge is 0.269 e. The lowest BCUT2D eigenvalue weighted by Crippen LogP contribution is -2.48. The van der Waals surface area contributed by atoms with E-state index in [1.54, 1.807) is 4.90 Å². The van der Waals surface area contributed by atoms with E-state index in [9.17, 15) is 23.3 Å². The Morgan fingerprint density at radius 1 is 1.28 bits per heavy atom. The van der Waals surface area contributed by atoms with E-state index >= 15 is 0 Å². The van der Waals surface area contributed by atoms with Gasteiger partial charge < -0.3 is 9.64 Å². The van der Waals surface area contributed by atoms with Crippen molar-refractivity contribution >= 4 is 21.6 Å². The summed E-state index contributed by atoms with van der Waals surface area (Å²) < 4.78 is 33.6. The number of ether oxygens (including phenoxy) is 1. The van der Waals surface area contributed by atoms with E-state index in [1.165, 1.54) is 35.5 Å². The van der Waals surface area contributed by atoms with Gasteiger partial charge in [-0.2, -0.15) is 4.31 Å². The fourth-order valence-electron chi connectivity index (χ4n) is 3.38. The highest BCUT2D eigenvalue weighted by molar-refractivity contribution is 7.89. The minimum absolute atomic E-state index is 0.0152. The highest BCUT2D eigenvalue weighted by Gasteiger charge is 2.34. The zero-order valence-electron chi connectivity index (χ0n) is 17.1. The molecule has 1 aliphatic heterocycles. The molecule has 1 aromatic rings. The summed E-state index contributed by atoms with van der Waals surface area (Å²) in [6.45, 7) is 7.09. The molecule has 0 saturated carbocycles. The molecule has 0 bridgehead atoms. The maximum absolute atomic E-state index is 13.3. The third kappa shape index (κ3) is 6.22. The molecule has 0 N–H and O–H groups in total. The van der Waals surface area contributed by atoms with Crippen molar-refractivity contribution in [1.29, 1.82) is 0 Å². The van der Waals surface area contributed by atoms with Crippen LogP contribution < -0.4 is 0 Å². The van der Waals surface area contributed by atoms with Gasteiger partial charge in [-0.15, -0.1) is 0 Å². The van der Waals surface area contributed by atoms with Gasteiger partial charge >= 0.3 is 0 Å². The maximum atomic E-state index is 13.3. The Kier molecular flexibility index (Phi) is 8.12. The van der Waals surface area contributed by atoms with Gasteiger partial charge in [0.05, 0.1) is 15.9 Å². The Hall–Kier alpha value is -2.04. The number of nitro benzene ring substituents is 1. The van der Waals surface area contributed by atoms with E-state index in [-0.39, 0.29) is 35.2 Å². The van der Waals surface area contributed by atoms with Crippen LogP contribution in [0.15, 0.2) is 29.2 Å². The molecule has 2 rings (SSSR count). The Morgan fingerprint density at radius 2 is 1.86 bits per heavy atom. The van der Waals surface area contributed by atoms with Crippen molar-refractivity contribution in [2.75, 3.05) is 26.2 Å². The van der Waals surface area contributed by atoms with Crippen LogP contribution in [0.1, 0.15) is 40.0 Å². The molecule has 9 nitrogen and oxygen atoms in total. The number of carbonyl (C=O) groups is 1. The van der Waals surface area contributed by atoms with Crippen LogP contribution in [0.3, 0.4) is 0 Å². The number of sulfonamides is 1. The molecule has 10 heteroatoms. The van der Waals surface area contributed by atoms with Crippen molar-refractivity contribution in [1.82, 2.24) is 9.21 Å². The Labute approximate surface area is 171 Å². The van der Waals surface area contributed by atoms with Crippen molar-refractivity contribution in [3.8, 4) is 0 Å². The normalized spacial score (nSPS) is 15.8. The number of hydrogen-bond acceptors (Lipinski definition) is 6. The van der Waals surface area contributed by atoms with Gasteiger partial charge in [0.25, 0.3) is 5.69 Å². The van der Waals surface area contributed by atoms with Crippen LogP contribution >= 0.6 is 0 Å². The molecule has 1 fully saturated rings. The molecular weight excluding hydrogens is 398 g/mol. The zero-order chi connectivity index (χ0) is 21.6. The van der Waals surface area contributed by atoms with Crippen LogP contribution in [-0.2, 0) is 19.6 Å². The van der Waals surface area contributed by atoms with Gasteiger partial charge in [0, 0.05) is 51.3 Å². The van der Waals surface area contributed by atoms with Gasteiger partial charge in [-0.05, 0) is 45.2 Å². The van der Waals surface area contributed by atoms with E-state index in [2.05, 4.69) is 0 Å². The van der Waals surface area contributed by atoms with Gasteiger partial charge in [-0.1, -0.05) is 0 Å². The Bertz CT molecular complexity index is 802. The highest BCUT2D eigenvalue weighted by atomic mass is 32.2. The summed E-state index contributed by atoms with van der Waals surface area (Å²) in [4.78, 5) is 23.6. The van der Waals surface area contributed by atoms with Gasteiger partial charge in [0.1, 0.15) is 0 Å². The summed E-state index contributed by atoms with van der Waals surface area (Å²) in [7, 11) is -3.83. The lowest BCUT2D eigenvalue weighted by atomic mass is 10.0. The predicted octanol–water partition coefficient (Wildman–Crippen LogP) is 2.41. The monoisotopic (exact) mass is 427 g/mol. The molecule has 0 spiro atoms. The second-order valence-electron chi connectivity index (χ2n) is 7.38. The standard InChI is InChI=1S/C19H29N3O6S/c1-15(2)28-14-4-11-21(17-9-12-20(13-10-17)16(3)23)29(26,27)19-7-5-18(6-8-19)22(24)25/h5-8,15,17H,4,9-14H2,1-3H3. The number of benzene rings is 1. The van der Waals surface area contributed by atoms with E-state index in [1.807, 2.05) is 13.8 Å². The molecule has 0 aliphatic carbocycles. The predicted molar refractivity (Wildman–Crippen MR) is 108 cm³/mol. The minimum Gasteiger partial charge on any atom is -0.379 e. The van der Waals surface area contributed by atoms with Crippen LogP contribution in [0.25, 0.3) is 0 Å². The summed E-state index contributed by atoms with van der Waals surface area (Å²) in [6.07, 6.45) is 1.71. The Balaban J connectivity index is 2.20. The lowest BCUT2D eigenvalue weighted by Gasteiger charge is -2.37. The third-order valence-corrected chi connectivity index (χ3v) is 6.91. The van der Waals surface area contributed by atoms with Crippen molar-refractivity contribution in [3.05, 3.63) is 34.4 Å². The first kappa shape index (κ1) is 23.2. The highest BCUT2D eigenvalue weighted by Crippen LogP contribution is 2.26. The van der Waals surface area contributed by atoms with Crippen LogP contribution in [0, 0.1) is 10.1 Å². The number of nitrogens with zero attached hydrogens (tertiary/aromatic N) is 3. The summed E-state index contributed by atoms with van der Waals surface area (Å²) in [5, 5.41) is 10.9. The van der Waals surface area contributed by atoms with Crippen LogP contribution in [0.2, 0.25) is 0 Å². The molecule has 0 unspecified atom stereocenters. The van der Waals surface area contributed by atoms with Crippen molar-refractivity contribution in [2.24, 2.45) is 0 Å². The molecule has 1 amide bonds. The topological polar surface area (TPSA) is 110 Å². The number of likely N-dealkylation sites (tertiary alicyclic amines) is 1. The van der Waals surface area contributed by atoms with Crippen LogP contribution in [0.5, 0.6) is 0 Å². The molecular formula is C19H29N3O6S. The number of carbonyl (C=O) groups excluding carboxylic acids is 1. The molecule has 0 aromatic heterocycles. The molecule has 1 aliphatic rings. The summed E-state index contributed by atoms with van der Waals surface area (Å²) in [5.41, 5.74) is -0.157. The maximum Gasteiger partial charge on any atom is 0.269 e.